The van der Waals surface area contributed by atoms with Crippen molar-refractivity contribution in [2.24, 2.45) is 0 Å². The van der Waals surface area contributed by atoms with E-state index in [1.54, 1.807) is 13.8 Å². The Hall–Kier alpha value is -1.35. The van der Waals surface area contributed by atoms with Crippen molar-refractivity contribution < 1.29 is 30.7 Å². The fraction of sp³-hybridized carbons (Fsp3) is 0.647. The van der Waals surface area contributed by atoms with Crippen molar-refractivity contribution in [2.45, 2.75) is 63.2 Å². The van der Waals surface area contributed by atoms with E-state index >= 15 is 0 Å². The fourth-order valence-electron chi connectivity index (χ4n) is 3.06. The molecule has 1 aliphatic heterocycles. The summed E-state index contributed by atoms with van der Waals surface area (Å²) in [6, 6.07) is 3.26. The van der Waals surface area contributed by atoms with Crippen molar-refractivity contribution >= 4 is 9.84 Å². The number of benzene rings is 1. The average molecular weight is 397 g/mol. The predicted octanol–water partition coefficient (Wildman–Crippen LogP) is 4.12. The summed E-state index contributed by atoms with van der Waals surface area (Å²) in [6.45, 7) is 4.96. The Morgan fingerprint density at radius 1 is 1.35 bits per heavy atom. The quantitative estimate of drug-likeness (QED) is 0.734. The first-order valence-electron chi connectivity index (χ1n) is 8.36. The van der Waals surface area contributed by atoms with Crippen molar-refractivity contribution in [1.82, 2.24) is 5.32 Å². The van der Waals surface area contributed by atoms with Crippen LogP contribution in [0.2, 0.25) is 0 Å². The minimum atomic E-state index is -4.46. The van der Waals surface area contributed by atoms with Crippen LogP contribution >= 0.6 is 0 Å². The first-order valence-corrected chi connectivity index (χ1v) is 10.1. The molecule has 26 heavy (non-hydrogen) atoms. The maximum atomic E-state index is 13.7. The molecule has 0 spiro atoms. The summed E-state index contributed by atoms with van der Waals surface area (Å²) in [5.41, 5.74) is -0.264. The molecule has 0 amide bonds. The zero-order valence-corrected chi connectivity index (χ0v) is 15.7. The van der Waals surface area contributed by atoms with Crippen molar-refractivity contribution in [3.8, 4) is 5.75 Å². The largest absolute Gasteiger partial charge is 0.487 e. The van der Waals surface area contributed by atoms with Crippen molar-refractivity contribution in [1.29, 1.82) is 0 Å². The number of fused-ring (bicyclic) bond motifs is 1. The number of hydrogen-bond acceptors (Lipinski definition) is 4. The average Bonchev–Trinajstić information content (AvgIpc) is 2.50. The molecule has 0 saturated heterocycles. The van der Waals surface area contributed by atoms with Crippen LogP contribution in [-0.2, 0) is 9.84 Å². The molecule has 0 aliphatic carbocycles. The maximum Gasteiger partial charge on any atom is 0.389 e. The third kappa shape index (κ3) is 5.33. The van der Waals surface area contributed by atoms with Crippen LogP contribution < -0.4 is 10.1 Å². The number of halogens is 4. The van der Waals surface area contributed by atoms with Gasteiger partial charge in [0, 0.05) is 30.2 Å². The molecule has 0 aromatic heterocycles. The van der Waals surface area contributed by atoms with Crippen LogP contribution in [0.1, 0.15) is 51.6 Å². The number of alkyl halides is 3. The number of nitrogens with one attached hydrogen (secondary N) is 1. The zero-order chi connectivity index (χ0) is 19.8. The molecule has 1 aromatic carbocycles. The number of ether oxygens (including phenoxy) is 1. The normalized spacial score (nSPS) is 21.0. The van der Waals surface area contributed by atoms with Gasteiger partial charge in [-0.25, -0.2) is 12.8 Å². The van der Waals surface area contributed by atoms with E-state index in [1.165, 1.54) is 25.1 Å². The van der Waals surface area contributed by atoms with E-state index in [0.717, 1.165) is 0 Å². The zero-order valence-electron chi connectivity index (χ0n) is 14.9. The summed E-state index contributed by atoms with van der Waals surface area (Å²) in [4.78, 5) is 0. The second-order valence-electron chi connectivity index (χ2n) is 7.06. The molecule has 0 fully saturated rings. The number of rotatable bonds is 6. The van der Waals surface area contributed by atoms with Crippen LogP contribution in [-0.4, -0.2) is 31.3 Å². The van der Waals surface area contributed by atoms with E-state index in [2.05, 4.69) is 5.32 Å². The summed E-state index contributed by atoms with van der Waals surface area (Å²) in [6.07, 6.45) is -5.97. The molecule has 0 radical (unpaired) electrons. The minimum absolute atomic E-state index is 0.287. The molecule has 0 bridgehead atoms. The fourth-order valence-corrected chi connectivity index (χ4v) is 4.31. The third-order valence-electron chi connectivity index (χ3n) is 4.34. The van der Waals surface area contributed by atoms with Gasteiger partial charge >= 0.3 is 6.18 Å². The highest BCUT2D eigenvalue weighted by molar-refractivity contribution is 7.91. The van der Waals surface area contributed by atoms with Gasteiger partial charge in [0.25, 0.3) is 0 Å². The SMILES string of the molecule is CCS(=O)(=O)C(CCC(F)(F)F)NC1CC(C)(C)Oc2ccc(F)cc21. The van der Waals surface area contributed by atoms with Crippen LogP contribution in [0.15, 0.2) is 18.2 Å². The van der Waals surface area contributed by atoms with Gasteiger partial charge in [-0.2, -0.15) is 13.2 Å². The van der Waals surface area contributed by atoms with Crippen LogP contribution in [0.4, 0.5) is 17.6 Å². The lowest BCUT2D eigenvalue weighted by molar-refractivity contribution is -0.135. The first-order chi connectivity index (χ1) is 11.8. The molecule has 1 aromatic rings. The molecule has 148 valence electrons. The Labute approximate surface area is 150 Å². The molecular weight excluding hydrogens is 374 g/mol. The Bertz CT molecular complexity index is 747. The van der Waals surface area contributed by atoms with Crippen LogP contribution in [0.25, 0.3) is 0 Å². The molecule has 1 heterocycles. The lowest BCUT2D eigenvalue weighted by atomic mass is 9.89. The standard InChI is InChI=1S/C17H23F4NO3S/c1-4-26(23,24)15(7-8-17(19,20)21)22-13-10-16(2,3)25-14-6-5-11(18)9-12(13)14/h5-6,9,13,15,22H,4,7-8,10H2,1-3H3. The van der Waals surface area contributed by atoms with Crippen LogP contribution in [0.3, 0.4) is 0 Å². The van der Waals surface area contributed by atoms with Crippen molar-refractivity contribution in [2.75, 3.05) is 5.75 Å². The van der Waals surface area contributed by atoms with Crippen LogP contribution in [0, 0.1) is 5.82 Å². The van der Waals surface area contributed by atoms with E-state index in [1.807, 2.05) is 0 Å². The Kier molecular flexibility index (Phi) is 5.92. The van der Waals surface area contributed by atoms with Gasteiger partial charge in [0.05, 0.1) is 0 Å². The van der Waals surface area contributed by atoms with E-state index in [-0.39, 0.29) is 5.75 Å². The van der Waals surface area contributed by atoms with Gasteiger partial charge in [0.1, 0.15) is 22.5 Å². The molecule has 0 saturated carbocycles. The minimum Gasteiger partial charge on any atom is -0.487 e. The molecule has 2 atom stereocenters. The lowest BCUT2D eigenvalue weighted by Gasteiger charge is -2.39. The smallest absolute Gasteiger partial charge is 0.389 e. The first kappa shape index (κ1) is 21.0. The second-order valence-corrected chi connectivity index (χ2v) is 9.53. The second kappa shape index (κ2) is 7.34. The maximum absolute atomic E-state index is 13.7. The van der Waals surface area contributed by atoms with E-state index in [9.17, 15) is 26.0 Å². The molecule has 4 nitrogen and oxygen atoms in total. The highest BCUT2D eigenvalue weighted by Crippen LogP contribution is 2.40. The molecule has 1 aliphatic rings. The van der Waals surface area contributed by atoms with Gasteiger partial charge in [-0.15, -0.1) is 0 Å². The van der Waals surface area contributed by atoms with E-state index < -0.39 is 51.7 Å². The summed E-state index contributed by atoms with van der Waals surface area (Å²) in [7, 11) is -3.78. The molecular formula is C17H23F4NO3S. The number of sulfone groups is 1. The summed E-state index contributed by atoms with van der Waals surface area (Å²) in [5, 5.41) is 1.45. The highest BCUT2D eigenvalue weighted by Gasteiger charge is 2.38. The summed E-state index contributed by atoms with van der Waals surface area (Å²) >= 11 is 0. The van der Waals surface area contributed by atoms with Gasteiger partial charge in [0.2, 0.25) is 0 Å². The Balaban J connectivity index is 2.33. The van der Waals surface area contributed by atoms with Gasteiger partial charge in [0.15, 0.2) is 9.84 Å². The lowest BCUT2D eigenvalue weighted by Crippen LogP contribution is -2.46. The van der Waals surface area contributed by atoms with E-state index in [0.29, 0.717) is 17.7 Å². The number of hydrogen-bond donors (Lipinski definition) is 1. The van der Waals surface area contributed by atoms with Gasteiger partial charge in [-0.05, 0) is 38.5 Å². The molecule has 1 N–H and O–H groups in total. The monoisotopic (exact) mass is 397 g/mol. The summed E-state index contributed by atoms with van der Waals surface area (Å²) < 4.78 is 81.8. The topological polar surface area (TPSA) is 55.4 Å². The van der Waals surface area contributed by atoms with Gasteiger partial charge in [-0.1, -0.05) is 6.92 Å². The highest BCUT2D eigenvalue weighted by atomic mass is 32.2. The van der Waals surface area contributed by atoms with Crippen LogP contribution in [0.5, 0.6) is 5.75 Å². The van der Waals surface area contributed by atoms with Crippen molar-refractivity contribution in [3.63, 3.8) is 0 Å². The third-order valence-corrected chi connectivity index (χ3v) is 6.39. The Morgan fingerprint density at radius 2 is 2.00 bits per heavy atom. The van der Waals surface area contributed by atoms with Gasteiger partial charge < -0.3 is 4.74 Å². The summed E-state index contributed by atoms with van der Waals surface area (Å²) in [5.74, 6) is -0.418. The molecule has 2 rings (SSSR count). The molecule has 2 unspecified atom stereocenters. The predicted molar refractivity (Wildman–Crippen MR) is 90.1 cm³/mol. The molecule has 9 heteroatoms. The van der Waals surface area contributed by atoms with E-state index in [4.69, 9.17) is 4.74 Å². The van der Waals surface area contributed by atoms with Crippen molar-refractivity contribution in [3.05, 3.63) is 29.6 Å². The van der Waals surface area contributed by atoms with Gasteiger partial charge in [-0.3, -0.25) is 5.32 Å². The Morgan fingerprint density at radius 3 is 2.58 bits per heavy atom.